The average molecular weight is 445 g/mol. The molecule has 0 radical (unpaired) electrons. The fraction of sp³-hybridized carbons (Fsp3) is 0.296. The smallest absolute Gasteiger partial charge is 0.251 e. The third-order valence-electron chi connectivity index (χ3n) is 6.10. The number of methoxy groups -OCH3 is 1. The lowest BCUT2D eigenvalue weighted by molar-refractivity contribution is -0.117. The van der Waals surface area contributed by atoms with Gasteiger partial charge in [0.05, 0.1) is 7.11 Å². The molecule has 0 spiro atoms. The highest BCUT2D eigenvalue weighted by molar-refractivity contribution is 5.97. The predicted molar refractivity (Wildman–Crippen MR) is 135 cm³/mol. The quantitative estimate of drug-likeness (QED) is 0.531. The summed E-state index contributed by atoms with van der Waals surface area (Å²) in [6, 6.07) is 25.0. The number of rotatable bonds is 8. The summed E-state index contributed by atoms with van der Waals surface area (Å²) < 4.78 is 5.28. The van der Waals surface area contributed by atoms with Gasteiger partial charge in [-0.2, -0.15) is 0 Å². The van der Waals surface area contributed by atoms with E-state index in [4.69, 9.17) is 4.74 Å². The number of hydrogen-bond donors (Lipinski definition) is 2. The zero-order valence-corrected chi connectivity index (χ0v) is 19.3. The molecule has 1 aliphatic heterocycles. The van der Waals surface area contributed by atoms with Gasteiger partial charge in [0.2, 0.25) is 0 Å². The number of piperazine rings is 1. The van der Waals surface area contributed by atoms with E-state index in [-0.39, 0.29) is 5.91 Å². The van der Waals surface area contributed by atoms with Crippen LogP contribution in [-0.2, 0) is 4.79 Å². The van der Waals surface area contributed by atoms with E-state index in [1.807, 2.05) is 54.6 Å². The van der Waals surface area contributed by atoms with Crippen molar-refractivity contribution in [1.29, 1.82) is 0 Å². The molecule has 0 aromatic heterocycles. The van der Waals surface area contributed by atoms with Crippen LogP contribution in [0.2, 0.25) is 0 Å². The second-order valence-electron chi connectivity index (χ2n) is 8.18. The maximum atomic E-state index is 13.3. The van der Waals surface area contributed by atoms with Gasteiger partial charge in [0.15, 0.2) is 0 Å². The summed E-state index contributed by atoms with van der Waals surface area (Å²) in [6.07, 6.45) is 0. The third kappa shape index (κ3) is 5.84. The summed E-state index contributed by atoms with van der Waals surface area (Å²) >= 11 is 0. The van der Waals surface area contributed by atoms with Crippen LogP contribution in [0.3, 0.4) is 0 Å². The molecule has 1 aliphatic rings. The van der Waals surface area contributed by atoms with E-state index in [9.17, 15) is 4.79 Å². The molecule has 1 heterocycles. The Morgan fingerprint density at radius 2 is 1.64 bits per heavy atom. The van der Waals surface area contributed by atoms with E-state index in [0.717, 1.165) is 44.0 Å². The van der Waals surface area contributed by atoms with Gasteiger partial charge >= 0.3 is 0 Å². The largest absolute Gasteiger partial charge is 0.497 e. The minimum absolute atomic E-state index is 0.130. The number of nitrogens with one attached hydrogen (secondary N) is 2. The zero-order valence-electron chi connectivity index (χ0n) is 19.3. The van der Waals surface area contributed by atoms with Crippen molar-refractivity contribution < 1.29 is 9.53 Å². The summed E-state index contributed by atoms with van der Waals surface area (Å²) in [4.78, 5) is 18.2. The number of amides is 1. The highest BCUT2D eigenvalue weighted by Gasteiger charge is 2.21. The molecule has 6 nitrogen and oxygen atoms in total. The first-order chi connectivity index (χ1) is 16.2. The van der Waals surface area contributed by atoms with Gasteiger partial charge in [-0.15, -0.1) is 0 Å². The van der Waals surface area contributed by atoms with Gasteiger partial charge in [-0.25, -0.2) is 0 Å². The van der Waals surface area contributed by atoms with Gasteiger partial charge in [-0.05, 0) is 48.5 Å². The lowest BCUT2D eigenvalue weighted by Gasteiger charge is -2.35. The fourth-order valence-electron chi connectivity index (χ4n) is 4.12. The molecule has 0 saturated carbocycles. The van der Waals surface area contributed by atoms with Gasteiger partial charge in [-0.3, -0.25) is 4.79 Å². The highest BCUT2D eigenvalue weighted by atomic mass is 16.5. The molecule has 2 N–H and O–H groups in total. The molecular weight excluding hydrogens is 412 g/mol. The Bertz CT molecular complexity index is 1030. The van der Waals surface area contributed by atoms with E-state index in [2.05, 4.69) is 51.6 Å². The van der Waals surface area contributed by atoms with E-state index in [1.54, 1.807) is 7.11 Å². The van der Waals surface area contributed by atoms with Crippen LogP contribution in [0, 0.1) is 0 Å². The van der Waals surface area contributed by atoms with Crippen LogP contribution in [0.4, 0.5) is 17.1 Å². The highest BCUT2D eigenvalue weighted by Crippen LogP contribution is 2.25. The van der Waals surface area contributed by atoms with Crippen molar-refractivity contribution in [2.75, 3.05) is 55.4 Å². The Morgan fingerprint density at radius 1 is 0.909 bits per heavy atom. The number of nitrogens with zero attached hydrogens (tertiary/aromatic N) is 2. The number of likely N-dealkylation sites (N-methyl/N-ethyl adjacent to an activating group) is 1. The molecule has 1 saturated heterocycles. The minimum Gasteiger partial charge on any atom is -0.497 e. The van der Waals surface area contributed by atoms with Crippen molar-refractivity contribution >= 4 is 23.0 Å². The van der Waals surface area contributed by atoms with Crippen LogP contribution < -0.4 is 20.3 Å². The van der Waals surface area contributed by atoms with E-state index in [0.29, 0.717) is 11.4 Å². The molecule has 0 bridgehead atoms. The van der Waals surface area contributed by atoms with E-state index >= 15 is 0 Å². The first kappa shape index (κ1) is 22.7. The Morgan fingerprint density at radius 3 is 2.30 bits per heavy atom. The van der Waals surface area contributed by atoms with Crippen LogP contribution >= 0.6 is 0 Å². The summed E-state index contributed by atoms with van der Waals surface area (Å²) in [5.41, 5.74) is 3.72. The average Bonchev–Trinajstić information content (AvgIpc) is 2.88. The molecule has 3 aromatic carbocycles. The van der Waals surface area contributed by atoms with Gasteiger partial charge in [0.1, 0.15) is 11.8 Å². The van der Waals surface area contributed by atoms with Crippen molar-refractivity contribution in [1.82, 2.24) is 4.90 Å². The number of carbonyl (C=O) groups excluding carboxylic acids is 1. The zero-order chi connectivity index (χ0) is 23.0. The second-order valence-corrected chi connectivity index (χ2v) is 8.18. The van der Waals surface area contributed by atoms with Crippen molar-refractivity contribution in [3.8, 4) is 5.75 Å². The van der Waals surface area contributed by atoms with Crippen LogP contribution in [0.5, 0.6) is 5.75 Å². The van der Waals surface area contributed by atoms with Crippen LogP contribution in [0.1, 0.15) is 18.5 Å². The molecule has 6 heteroatoms. The molecule has 4 rings (SSSR count). The van der Waals surface area contributed by atoms with E-state index in [1.165, 1.54) is 5.69 Å². The molecule has 1 fully saturated rings. The summed E-state index contributed by atoms with van der Waals surface area (Å²) in [6.45, 7) is 7.58. The normalized spacial score (nSPS) is 15.0. The van der Waals surface area contributed by atoms with Crippen molar-refractivity contribution in [2.45, 2.75) is 13.0 Å². The molecule has 1 amide bonds. The maximum absolute atomic E-state index is 13.3. The summed E-state index contributed by atoms with van der Waals surface area (Å²) in [5.74, 6) is 0.571. The van der Waals surface area contributed by atoms with Crippen molar-refractivity contribution in [2.24, 2.45) is 0 Å². The topological polar surface area (TPSA) is 56.8 Å². The molecule has 1 atom stereocenters. The second kappa shape index (κ2) is 10.9. The summed E-state index contributed by atoms with van der Waals surface area (Å²) in [7, 11) is 1.61. The maximum Gasteiger partial charge on any atom is 0.251 e. The SMILES string of the molecule is CCN1CCN(c2ccc(N[C@H](C(=O)Nc3cccc(OC)c3)c3ccccc3)cc2)CC1. The molecule has 33 heavy (non-hydrogen) atoms. The lowest BCUT2D eigenvalue weighted by Crippen LogP contribution is -2.46. The Kier molecular flexibility index (Phi) is 7.47. The van der Waals surface area contributed by atoms with Gasteiger partial charge < -0.3 is 25.2 Å². The van der Waals surface area contributed by atoms with Crippen molar-refractivity contribution in [3.63, 3.8) is 0 Å². The number of carbonyl (C=O) groups is 1. The van der Waals surface area contributed by atoms with Crippen LogP contribution in [0.15, 0.2) is 78.9 Å². The Labute approximate surface area is 196 Å². The minimum atomic E-state index is -0.531. The van der Waals surface area contributed by atoms with Gasteiger partial charge in [0.25, 0.3) is 5.91 Å². The number of benzene rings is 3. The van der Waals surface area contributed by atoms with Crippen LogP contribution in [-0.4, -0.2) is 50.6 Å². The van der Waals surface area contributed by atoms with Crippen molar-refractivity contribution in [3.05, 3.63) is 84.4 Å². The summed E-state index contributed by atoms with van der Waals surface area (Å²) in [5, 5.41) is 6.43. The fourth-order valence-corrected chi connectivity index (χ4v) is 4.12. The van der Waals surface area contributed by atoms with E-state index < -0.39 is 6.04 Å². The Balaban J connectivity index is 1.48. The number of anilines is 3. The first-order valence-electron chi connectivity index (χ1n) is 11.5. The molecule has 0 aliphatic carbocycles. The molecule has 0 unspecified atom stereocenters. The number of hydrogen-bond acceptors (Lipinski definition) is 5. The first-order valence-corrected chi connectivity index (χ1v) is 11.5. The standard InChI is InChI=1S/C27H32N4O2/c1-3-30-16-18-31(19-17-30)24-14-12-22(13-15-24)28-26(21-8-5-4-6-9-21)27(32)29-23-10-7-11-25(20-23)33-2/h4-15,20,26,28H,3,16-19H2,1-2H3,(H,29,32)/t26-/m0/s1. The van der Waals surface area contributed by atoms with Crippen LogP contribution in [0.25, 0.3) is 0 Å². The lowest BCUT2D eigenvalue weighted by atomic mass is 10.1. The number of ether oxygens (including phenoxy) is 1. The molecular formula is C27H32N4O2. The third-order valence-corrected chi connectivity index (χ3v) is 6.10. The molecule has 3 aromatic rings. The predicted octanol–water partition coefficient (Wildman–Crippen LogP) is 4.63. The molecule has 172 valence electrons. The Hall–Kier alpha value is -3.51. The van der Waals surface area contributed by atoms with Gasteiger partial charge in [0, 0.05) is 49.3 Å². The van der Waals surface area contributed by atoms with Gasteiger partial charge in [-0.1, -0.05) is 43.3 Å². The monoisotopic (exact) mass is 444 g/mol.